The predicted octanol–water partition coefficient (Wildman–Crippen LogP) is 4.35. The Kier molecular flexibility index (Phi) is 26.1. The number of aliphatic hydroxyl groups is 1. The number of hydrogen-bond acceptors (Lipinski definition) is 1. The van der Waals surface area contributed by atoms with Gasteiger partial charge in [0.1, 0.15) is 0 Å². The highest BCUT2D eigenvalue weighted by Crippen LogP contribution is 2.01. The molecule has 0 radical (unpaired) electrons. The topological polar surface area (TPSA) is 20.2 Å². The van der Waals surface area contributed by atoms with Gasteiger partial charge in [-0.1, -0.05) is 38.9 Å². The number of hydrogen-bond donors (Lipinski definition) is 1. The normalized spacial score (nSPS) is 9.00. The summed E-state index contributed by atoms with van der Waals surface area (Å²) in [6, 6.07) is 4.48. The number of rotatable bonds is 3. The molecule has 0 saturated heterocycles. The van der Waals surface area contributed by atoms with Gasteiger partial charge in [0.2, 0.25) is 0 Å². The minimum atomic E-state index is -1.72. The number of aliphatic hydroxyl groups excluding tert-OH is 1. The van der Waals surface area contributed by atoms with Crippen LogP contribution in [0.1, 0.15) is 34.6 Å². The Morgan fingerprint density at radius 2 is 1.13 bits per heavy atom. The average Bonchev–Trinajstić information content (AvgIpc) is 2.05. The van der Waals surface area contributed by atoms with Crippen LogP contribution >= 0.6 is 30.1 Å². The van der Waals surface area contributed by atoms with Crippen LogP contribution in [0.15, 0.2) is 0 Å². The van der Waals surface area contributed by atoms with Gasteiger partial charge in [-0.2, -0.15) is 0 Å². The molecule has 0 spiro atoms. The van der Waals surface area contributed by atoms with Crippen LogP contribution in [0, 0.1) is 0 Å². The third kappa shape index (κ3) is 50.0. The van der Waals surface area contributed by atoms with E-state index in [0.29, 0.717) is 0 Å². The summed E-state index contributed by atoms with van der Waals surface area (Å²) in [5.41, 5.74) is 0. The Morgan fingerprint density at radius 3 is 1.13 bits per heavy atom. The van der Waals surface area contributed by atoms with Crippen molar-refractivity contribution in [1.29, 1.82) is 0 Å². The van der Waals surface area contributed by atoms with Crippen LogP contribution in [0.5, 0.6) is 0 Å². The average molecular weight is 310 g/mol. The fourth-order valence-electron chi connectivity index (χ4n) is 0.866. The first-order chi connectivity index (χ1) is 6.81. The molecule has 1 N–H and O–H groups in total. The van der Waals surface area contributed by atoms with Crippen molar-refractivity contribution in [2.45, 2.75) is 58.9 Å². The lowest BCUT2D eigenvalue weighted by Gasteiger charge is -2.03. The van der Waals surface area contributed by atoms with E-state index in [1.54, 1.807) is 13.8 Å². The molecule has 0 aromatic carbocycles. The summed E-state index contributed by atoms with van der Waals surface area (Å²) in [5, 5.41) is 8.06. The minimum absolute atomic E-state index is 0.167. The Hall–Kier alpha value is 1.58. The van der Waals surface area contributed by atoms with E-state index in [9.17, 15) is 0 Å². The lowest BCUT2D eigenvalue weighted by Crippen LogP contribution is -2.04. The van der Waals surface area contributed by atoms with Crippen LogP contribution in [0.4, 0.5) is 0 Å². The Balaban J connectivity index is -0.000000155. The monoisotopic (exact) mass is 308 g/mol. The molecule has 0 unspecified atom stereocenters. The second kappa shape index (κ2) is 18.0. The Bertz CT molecular complexity index is 86.3. The summed E-state index contributed by atoms with van der Waals surface area (Å²) in [6.45, 7) is 10.4. The van der Waals surface area contributed by atoms with E-state index < -0.39 is 11.4 Å². The van der Waals surface area contributed by atoms with Gasteiger partial charge in [0.25, 0.3) is 0 Å². The highest BCUT2D eigenvalue weighted by Gasteiger charge is 2.00. The zero-order valence-electron chi connectivity index (χ0n) is 10.4. The van der Waals surface area contributed by atoms with Gasteiger partial charge in [-0.15, -0.1) is 0 Å². The first-order valence-corrected chi connectivity index (χ1v) is 13.1. The SMILES string of the molecule is CC(C)O.CC[SiH](CC)CC.[Cl][Al]([Cl])[Cl]. The third-order valence-electron chi connectivity index (χ3n) is 1.73. The van der Waals surface area contributed by atoms with Gasteiger partial charge in [-0.3, -0.25) is 0 Å². The Morgan fingerprint density at radius 1 is 1.00 bits per heavy atom. The van der Waals surface area contributed by atoms with E-state index in [4.69, 9.17) is 35.3 Å². The van der Waals surface area contributed by atoms with Gasteiger partial charge >= 0.3 is 11.4 Å². The van der Waals surface area contributed by atoms with E-state index in [1.807, 2.05) is 0 Å². The fraction of sp³-hybridized carbons (Fsp3) is 1.00. The molecule has 0 aliphatic carbocycles. The van der Waals surface area contributed by atoms with E-state index in [-0.39, 0.29) is 14.9 Å². The van der Waals surface area contributed by atoms with Crippen LogP contribution in [0.3, 0.4) is 0 Å². The van der Waals surface area contributed by atoms with Crippen molar-refractivity contribution in [3.05, 3.63) is 0 Å². The molecule has 0 fully saturated rings. The molecule has 0 bridgehead atoms. The molecule has 0 rings (SSSR count). The van der Waals surface area contributed by atoms with Crippen molar-refractivity contribution in [2.75, 3.05) is 0 Å². The van der Waals surface area contributed by atoms with Gasteiger partial charge in [0.15, 0.2) is 0 Å². The quantitative estimate of drug-likeness (QED) is 0.769. The molecule has 0 aromatic heterocycles. The summed E-state index contributed by atoms with van der Waals surface area (Å²) in [6.07, 6.45) is -0.167. The summed E-state index contributed by atoms with van der Waals surface area (Å²) in [4.78, 5) is 0. The van der Waals surface area contributed by atoms with Crippen LogP contribution < -0.4 is 0 Å². The van der Waals surface area contributed by atoms with Gasteiger partial charge in [-0.25, -0.2) is 30.1 Å². The molecule has 0 aromatic rings. The molecule has 0 saturated carbocycles. The van der Waals surface area contributed by atoms with E-state index in [2.05, 4.69) is 20.8 Å². The minimum Gasteiger partial charge on any atom is -0.394 e. The van der Waals surface area contributed by atoms with Gasteiger partial charge < -0.3 is 5.11 Å². The number of halogens is 3. The highest BCUT2D eigenvalue weighted by atomic mass is 35.8. The lowest BCUT2D eigenvalue weighted by molar-refractivity contribution is 0.216. The maximum absolute atomic E-state index is 8.06. The summed E-state index contributed by atoms with van der Waals surface area (Å²) < 4.78 is 0. The standard InChI is InChI=1S/C6H16Si.C3H8O.Al.3ClH/c1-4-7(5-2)6-3;1-3(2)4;;;;/h7H,4-6H2,1-3H3;3-4H,1-2H3;;3*1H/q;;+3;;;/p-3. The Labute approximate surface area is 114 Å². The summed E-state index contributed by atoms with van der Waals surface area (Å²) >= 11 is -1.72. The zero-order valence-corrected chi connectivity index (χ0v) is 15.0. The third-order valence-corrected chi connectivity index (χ3v) is 5.20. The summed E-state index contributed by atoms with van der Waals surface area (Å²) in [7, 11) is 14.7. The maximum atomic E-state index is 8.06. The first-order valence-electron chi connectivity index (χ1n) is 5.41. The zero-order chi connectivity index (χ0) is 12.9. The highest BCUT2D eigenvalue weighted by molar-refractivity contribution is 7.54. The van der Waals surface area contributed by atoms with E-state index in [0.717, 1.165) is 0 Å². The molecular formula is C9H24AlCl3OSi. The van der Waals surface area contributed by atoms with Crippen molar-refractivity contribution in [1.82, 2.24) is 0 Å². The van der Waals surface area contributed by atoms with Gasteiger partial charge in [-0.05, 0) is 13.8 Å². The fourth-order valence-corrected chi connectivity index (χ4v) is 2.60. The molecule has 0 amide bonds. The molecular weight excluding hydrogens is 286 g/mol. The molecule has 6 heteroatoms. The van der Waals surface area contributed by atoms with Crippen molar-refractivity contribution in [2.24, 2.45) is 0 Å². The van der Waals surface area contributed by atoms with E-state index in [1.165, 1.54) is 18.1 Å². The molecule has 94 valence electrons. The van der Waals surface area contributed by atoms with Crippen molar-refractivity contribution < 1.29 is 5.11 Å². The smallest absolute Gasteiger partial charge is 0.394 e. The molecule has 1 nitrogen and oxygen atoms in total. The molecule has 15 heavy (non-hydrogen) atoms. The largest absolute Gasteiger partial charge is 0.643 e. The maximum Gasteiger partial charge on any atom is 0.643 e. The summed E-state index contributed by atoms with van der Waals surface area (Å²) in [5.74, 6) is 0. The lowest BCUT2D eigenvalue weighted by atomic mass is 10.5. The van der Waals surface area contributed by atoms with Crippen LogP contribution in [-0.4, -0.2) is 31.4 Å². The van der Waals surface area contributed by atoms with Crippen LogP contribution in [-0.2, 0) is 0 Å². The van der Waals surface area contributed by atoms with Crippen molar-refractivity contribution >= 4 is 50.3 Å². The van der Waals surface area contributed by atoms with Crippen LogP contribution in [0.2, 0.25) is 18.1 Å². The molecule has 0 aliphatic rings. The molecule has 0 atom stereocenters. The second-order valence-corrected chi connectivity index (χ2v) is 14.0. The second-order valence-electron chi connectivity index (χ2n) is 3.43. The molecule has 0 aliphatic heterocycles. The predicted molar refractivity (Wildman–Crippen MR) is 79.3 cm³/mol. The van der Waals surface area contributed by atoms with Gasteiger partial charge in [0, 0.05) is 14.9 Å². The van der Waals surface area contributed by atoms with Gasteiger partial charge in [0.05, 0.1) is 0 Å². The molecule has 0 heterocycles. The van der Waals surface area contributed by atoms with Crippen molar-refractivity contribution in [3.63, 3.8) is 0 Å². The van der Waals surface area contributed by atoms with Crippen molar-refractivity contribution in [3.8, 4) is 0 Å². The van der Waals surface area contributed by atoms with Crippen LogP contribution in [0.25, 0.3) is 0 Å². The first kappa shape index (κ1) is 21.8. The van der Waals surface area contributed by atoms with E-state index >= 15 is 0 Å².